The molecule has 0 bridgehead atoms. The van der Waals surface area contributed by atoms with Gasteiger partial charge in [-0.1, -0.05) is 25.1 Å². The van der Waals surface area contributed by atoms with Crippen LogP contribution in [0.5, 0.6) is 0 Å². The maximum Gasteiger partial charge on any atom is 0.326 e. The molecule has 3 atom stereocenters. The second kappa shape index (κ2) is 8.90. The molecule has 5 rings (SSSR count). The van der Waals surface area contributed by atoms with Crippen molar-refractivity contribution in [1.82, 2.24) is 15.6 Å². The third-order valence-corrected chi connectivity index (χ3v) is 7.71. The summed E-state index contributed by atoms with van der Waals surface area (Å²) < 4.78 is 0. The molecule has 0 saturated carbocycles. The highest BCUT2D eigenvalue weighted by atomic mass is 32.1. The van der Waals surface area contributed by atoms with Crippen molar-refractivity contribution in [1.29, 1.82) is 0 Å². The van der Waals surface area contributed by atoms with Crippen LogP contribution in [-0.2, 0) is 11.2 Å². The number of H-pyrrole nitrogens is 1. The number of hydrogen-bond donors (Lipinski definition) is 4. The van der Waals surface area contributed by atoms with E-state index in [0.717, 1.165) is 38.6 Å². The molecule has 0 spiro atoms. The van der Waals surface area contributed by atoms with Crippen LogP contribution < -0.4 is 10.6 Å². The molecule has 2 aliphatic rings. The number of aliphatic carboxylic acids is 1. The Kier molecular flexibility index (Phi) is 5.79. The minimum Gasteiger partial charge on any atom is -0.480 e. The van der Waals surface area contributed by atoms with Gasteiger partial charge in [0.2, 0.25) is 0 Å². The first-order valence-corrected chi connectivity index (χ1v) is 12.0. The normalized spacial score (nSPS) is 18.9. The number of para-hydroxylation sites is 1. The number of thiophene rings is 1. The molecule has 4 heterocycles. The molecular formula is C25H25N5O3S. The molecule has 0 aliphatic carbocycles. The summed E-state index contributed by atoms with van der Waals surface area (Å²) in [6, 6.07) is 10.4. The standard InChI is InChI=1S/C25H25N5O3S/c1-13(17-11-28-23-18(17)12-26-14(2)29-23)21-7-8-22(34-21)24(31)30-20(25(32)33)9-15-10-27-19-6-4-3-5-16(15)19/h3-8,10,12-13,17,20,27H,9,11H2,1-2H3,(H,30,31)(H,32,33)(H,26,28,29)/t13?,17?,20-/m0/s1. The van der Waals surface area contributed by atoms with Crippen LogP contribution >= 0.6 is 11.3 Å². The molecule has 174 valence electrons. The maximum absolute atomic E-state index is 12.9. The number of carbonyl (C=O) groups is 2. The summed E-state index contributed by atoms with van der Waals surface area (Å²) in [5.41, 5.74) is 2.88. The number of amidine groups is 2. The first-order valence-electron chi connectivity index (χ1n) is 11.2. The number of nitrogens with one attached hydrogen (secondary N) is 3. The van der Waals surface area contributed by atoms with Crippen LogP contribution in [0.3, 0.4) is 0 Å². The molecule has 0 radical (unpaired) electrons. The smallest absolute Gasteiger partial charge is 0.326 e. The van der Waals surface area contributed by atoms with Gasteiger partial charge in [-0.25, -0.2) is 9.79 Å². The van der Waals surface area contributed by atoms with Gasteiger partial charge in [-0.15, -0.1) is 11.3 Å². The second-order valence-corrected chi connectivity index (χ2v) is 9.75. The molecule has 8 nitrogen and oxygen atoms in total. The lowest BCUT2D eigenvalue weighted by molar-refractivity contribution is -0.139. The van der Waals surface area contributed by atoms with Crippen LogP contribution in [0.25, 0.3) is 10.9 Å². The Morgan fingerprint density at radius 2 is 2.09 bits per heavy atom. The predicted octanol–water partition coefficient (Wildman–Crippen LogP) is 3.69. The number of nitrogens with zero attached hydrogens (tertiary/aromatic N) is 2. The van der Waals surface area contributed by atoms with Crippen molar-refractivity contribution in [3.05, 3.63) is 69.7 Å². The van der Waals surface area contributed by atoms with Crippen molar-refractivity contribution in [3.8, 4) is 0 Å². The predicted molar refractivity (Wildman–Crippen MR) is 134 cm³/mol. The molecule has 34 heavy (non-hydrogen) atoms. The quantitative estimate of drug-likeness (QED) is 0.417. The average molecular weight is 476 g/mol. The maximum atomic E-state index is 12.9. The number of carboxylic acid groups (broad SMARTS) is 1. The zero-order chi connectivity index (χ0) is 23.8. The molecular weight excluding hydrogens is 450 g/mol. The average Bonchev–Trinajstić information content (AvgIpc) is 3.56. The molecule has 0 saturated heterocycles. The number of aliphatic imine (C=N–C) groups is 2. The molecule has 0 fully saturated rings. The molecule has 2 aromatic heterocycles. The van der Waals surface area contributed by atoms with E-state index in [4.69, 9.17) is 0 Å². The van der Waals surface area contributed by atoms with Crippen molar-refractivity contribution < 1.29 is 14.7 Å². The Bertz CT molecular complexity index is 1370. The van der Waals surface area contributed by atoms with E-state index in [1.165, 1.54) is 11.3 Å². The highest BCUT2D eigenvalue weighted by molar-refractivity contribution is 7.14. The molecule has 4 N–H and O–H groups in total. The van der Waals surface area contributed by atoms with E-state index in [-0.39, 0.29) is 24.2 Å². The zero-order valence-electron chi connectivity index (χ0n) is 18.8. The highest BCUT2D eigenvalue weighted by Crippen LogP contribution is 2.37. The first-order chi connectivity index (χ1) is 16.4. The van der Waals surface area contributed by atoms with Gasteiger partial charge in [0.1, 0.15) is 17.7 Å². The van der Waals surface area contributed by atoms with E-state index < -0.39 is 12.0 Å². The van der Waals surface area contributed by atoms with Gasteiger partial charge in [0.25, 0.3) is 5.91 Å². The minimum atomic E-state index is -1.06. The summed E-state index contributed by atoms with van der Waals surface area (Å²) in [6.07, 6.45) is 3.88. The Labute approximate surface area is 200 Å². The Morgan fingerprint density at radius 3 is 2.91 bits per heavy atom. The van der Waals surface area contributed by atoms with Crippen molar-refractivity contribution in [2.75, 3.05) is 6.54 Å². The fourth-order valence-corrected chi connectivity index (χ4v) is 5.52. The summed E-state index contributed by atoms with van der Waals surface area (Å²) in [5.74, 6) is 0.593. The largest absolute Gasteiger partial charge is 0.480 e. The molecule has 3 aromatic rings. The van der Waals surface area contributed by atoms with E-state index >= 15 is 0 Å². The Hall–Kier alpha value is -3.72. The van der Waals surface area contributed by atoms with Gasteiger partial charge >= 0.3 is 5.97 Å². The molecule has 1 amide bonds. The summed E-state index contributed by atoms with van der Waals surface area (Å²) in [5, 5.41) is 16.6. The number of benzene rings is 1. The lowest BCUT2D eigenvalue weighted by Crippen LogP contribution is -2.42. The third kappa shape index (κ3) is 4.14. The van der Waals surface area contributed by atoms with Gasteiger partial charge in [-0.3, -0.25) is 9.79 Å². The fraction of sp³-hybridized carbons (Fsp3) is 0.280. The van der Waals surface area contributed by atoms with Crippen LogP contribution in [0, 0.1) is 5.92 Å². The van der Waals surface area contributed by atoms with Gasteiger partial charge < -0.3 is 20.7 Å². The van der Waals surface area contributed by atoms with Gasteiger partial charge in [0.15, 0.2) is 0 Å². The number of carbonyl (C=O) groups excluding carboxylic acids is 1. The van der Waals surface area contributed by atoms with Gasteiger partial charge in [0.05, 0.1) is 4.88 Å². The van der Waals surface area contributed by atoms with Crippen molar-refractivity contribution >= 4 is 45.8 Å². The van der Waals surface area contributed by atoms with Gasteiger partial charge in [0, 0.05) is 52.6 Å². The summed E-state index contributed by atoms with van der Waals surface area (Å²) in [7, 11) is 0. The topological polar surface area (TPSA) is 119 Å². The Balaban J connectivity index is 1.29. The molecule has 2 unspecified atom stereocenters. The van der Waals surface area contributed by atoms with Crippen LogP contribution in [0.4, 0.5) is 0 Å². The lowest BCUT2D eigenvalue weighted by atomic mass is 9.87. The van der Waals surface area contributed by atoms with E-state index in [0.29, 0.717) is 11.4 Å². The summed E-state index contributed by atoms with van der Waals surface area (Å²) in [6.45, 7) is 4.70. The van der Waals surface area contributed by atoms with E-state index in [1.807, 2.05) is 43.5 Å². The third-order valence-electron chi connectivity index (χ3n) is 6.42. The molecule has 1 aromatic carbocycles. The monoisotopic (exact) mass is 475 g/mol. The molecule has 2 aliphatic heterocycles. The second-order valence-electron chi connectivity index (χ2n) is 8.64. The zero-order valence-corrected chi connectivity index (χ0v) is 19.6. The number of amides is 1. The van der Waals surface area contributed by atoms with E-state index in [1.54, 1.807) is 12.3 Å². The van der Waals surface area contributed by atoms with Gasteiger partial charge in [-0.2, -0.15) is 0 Å². The highest BCUT2D eigenvalue weighted by Gasteiger charge is 2.33. The Morgan fingerprint density at radius 1 is 1.26 bits per heavy atom. The number of rotatable bonds is 7. The number of aromatic nitrogens is 1. The van der Waals surface area contributed by atoms with Gasteiger partial charge in [-0.05, 0) is 36.6 Å². The van der Waals surface area contributed by atoms with Crippen LogP contribution in [0.15, 0.2) is 64.4 Å². The van der Waals surface area contributed by atoms with E-state index in [2.05, 4.69) is 32.5 Å². The van der Waals surface area contributed by atoms with Crippen molar-refractivity contribution in [2.45, 2.75) is 32.2 Å². The fourth-order valence-electron chi connectivity index (χ4n) is 4.49. The number of aromatic amines is 1. The number of carboxylic acids is 1. The lowest BCUT2D eigenvalue weighted by Gasteiger charge is -2.21. The van der Waals surface area contributed by atoms with E-state index in [9.17, 15) is 14.7 Å². The molecule has 9 heteroatoms. The minimum absolute atomic E-state index is 0.149. The summed E-state index contributed by atoms with van der Waals surface area (Å²) in [4.78, 5) is 38.5. The SMILES string of the molecule is CC1=NC=C2C(=NCC2C(C)c2ccc(C(=O)N[C@@H](Cc3c[nH]c4ccccc34)C(=O)O)s2)N1. The van der Waals surface area contributed by atoms with Crippen molar-refractivity contribution in [3.63, 3.8) is 0 Å². The summed E-state index contributed by atoms with van der Waals surface area (Å²) >= 11 is 1.39. The van der Waals surface area contributed by atoms with Crippen LogP contribution in [-0.4, -0.2) is 46.2 Å². The van der Waals surface area contributed by atoms with Crippen LogP contribution in [0.2, 0.25) is 0 Å². The van der Waals surface area contributed by atoms with Crippen LogP contribution in [0.1, 0.15) is 39.9 Å². The van der Waals surface area contributed by atoms with Crippen molar-refractivity contribution in [2.24, 2.45) is 15.9 Å². The number of fused-ring (bicyclic) bond motifs is 2. The first kappa shape index (κ1) is 22.1. The number of hydrogen-bond acceptors (Lipinski definition) is 6.